The fraction of sp³-hybridized carbons (Fsp3) is 0.0417. The van der Waals surface area contributed by atoms with Crippen molar-refractivity contribution in [3.05, 3.63) is 126 Å². The van der Waals surface area contributed by atoms with Crippen molar-refractivity contribution in [2.45, 2.75) is 6.92 Å². The van der Waals surface area contributed by atoms with Gasteiger partial charge in [-0.1, -0.05) is 97.1 Å². The number of aryl methyl sites for hydroxylation is 1. The van der Waals surface area contributed by atoms with Crippen LogP contribution in [0.5, 0.6) is 5.75 Å². The molecule has 0 bridgehead atoms. The second-order valence-corrected chi connectivity index (χ2v) is 15.6. The Morgan fingerprint density at radius 3 is 1.34 bits per heavy atom. The Morgan fingerprint density at radius 2 is 0.780 bits per heavy atom. The molecular weight excluding hydrogens is 625 g/mol. The highest BCUT2D eigenvalue weighted by atomic mass is 32.1. The van der Waals surface area contributed by atoms with Crippen molar-refractivity contribution in [2.75, 3.05) is 7.11 Å². The van der Waals surface area contributed by atoms with E-state index in [0.717, 1.165) is 5.75 Å². The summed E-state index contributed by atoms with van der Waals surface area (Å²) in [6.45, 7) is 2.23. The van der Waals surface area contributed by atoms with Crippen molar-refractivity contribution in [3.8, 4) is 60.7 Å². The molecule has 50 heavy (non-hydrogen) atoms. The summed E-state index contributed by atoms with van der Waals surface area (Å²) in [6.07, 6.45) is 0. The van der Waals surface area contributed by atoms with Crippen molar-refractivity contribution >= 4 is 86.7 Å². The summed E-state index contributed by atoms with van der Waals surface area (Å²) in [5.41, 5.74) is 11.9. The minimum atomic E-state index is 0.878. The second-order valence-electron chi connectivity index (χ2n) is 14.3. The molecule has 1 nitrogen and oxygen atoms in total. The number of hydrogen-bond acceptors (Lipinski definition) is 2. The molecule has 230 valence electrons. The molecule has 0 radical (unpaired) electrons. The lowest BCUT2D eigenvalue weighted by molar-refractivity contribution is 0.415. The van der Waals surface area contributed by atoms with Crippen LogP contribution in [0.25, 0.3) is 130 Å². The summed E-state index contributed by atoms with van der Waals surface area (Å²) < 4.78 is 5.42. The SMILES string of the molecule is COc1ccc(-c2ccc3c(c2)-c2ccc4c5ccc6c7ccc8c9c(ccc(c%10ccc(c%11ccc-3c2c%114)c5c%106)c97)-c2cc(C)sc2-8)cc1. The van der Waals surface area contributed by atoms with E-state index in [4.69, 9.17) is 4.74 Å². The molecule has 0 saturated carbocycles. The number of ether oxygens (including phenoxy) is 1. The van der Waals surface area contributed by atoms with Crippen molar-refractivity contribution in [2.24, 2.45) is 0 Å². The van der Waals surface area contributed by atoms with Crippen LogP contribution < -0.4 is 4.74 Å². The maximum Gasteiger partial charge on any atom is 0.118 e. The molecule has 0 saturated heterocycles. The molecule has 11 aromatic rings. The zero-order valence-electron chi connectivity index (χ0n) is 27.4. The summed E-state index contributed by atoms with van der Waals surface area (Å²) >= 11 is 1.93. The predicted octanol–water partition coefficient (Wildman–Crippen LogP) is 14.0. The highest BCUT2D eigenvalue weighted by Crippen LogP contribution is 2.57. The van der Waals surface area contributed by atoms with E-state index in [-0.39, 0.29) is 0 Å². The van der Waals surface area contributed by atoms with Gasteiger partial charge >= 0.3 is 0 Å². The first-order valence-corrected chi connectivity index (χ1v) is 18.2. The maximum atomic E-state index is 5.42. The van der Waals surface area contributed by atoms with E-state index in [1.807, 2.05) is 23.5 Å². The van der Waals surface area contributed by atoms with Gasteiger partial charge in [-0.15, -0.1) is 11.3 Å². The Bertz CT molecular complexity index is 3220. The topological polar surface area (TPSA) is 9.23 Å². The minimum Gasteiger partial charge on any atom is -0.497 e. The van der Waals surface area contributed by atoms with Gasteiger partial charge in [0.1, 0.15) is 5.75 Å². The zero-order valence-corrected chi connectivity index (χ0v) is 28.2. The van der Waals surface area contributed by atoms with Crippen LogP contribution in [0.3, 0.4) is 0 Å². The molecule has 2 heteroatoms. The van der Waals surface area contributed by atoms with Crippen molar-refractivity contribution in [1.29, 1.82) is 0 Å². The lowest BCUT2D eigenvalue weighted by Gasteiger charge is -2.20. The van der Waals surface area contributed by atoms with Gasteiger partial charge in [-0.25, -0.2) is 0 Å². The quantitative estimate of drug-likeness (QED) is 0.134. The van der Waals surface area contributed by atoms with Gasteiger partial charge in [0.15, 0.2) is 0 Å². The first-order chi connectivity index (χ1) is 24.7. The van der Waals surface area contributed by atoms with E-state index >= 15 is 0 Å². The molecule has 0 fully saturated rings. The number of thiophene rings is 1. The van der Waals surface area contributed by atoms with Gasteiger partial charge in [0, 0.05) is 20.9 Å². The standard InChI is InChI=1S/C48H26OS/c1-23-21-41-38-18-16-35-32-13-11-30-29-10-9-28-27-8-5-25(24-3-6-26(49-2)7-4-24)22-40(27)37-17-15-34(43(29)42(28)37)31-12-14-33(45(32)44(30)31)36-19-20-39(48(41)50-23)47(38)46(35)36/h3-22H,1-2H3. The van der Waals surface area contributed by atoms with Crippen LogP contribution in [0.2, 0.25) is 0 Å². The van der Waals surface area contributed by atoms with Crippen LogP contribution in [0.1, 0.15) is 4.88 Å². The van der Waals surface area contributed by atoms with Crippen LogP contribution in [0, 0.1) is 6.92 Å². The lowest BCUT2D eigenvalue weighted by atomic mass is 9.83. The van der Waals surface area contributed by atoms with Gasteiger partial charge in [-0.05, 0) is 146 Å². The Balaban J connectivity index is 1.10. The van der Waals surface area contributed by atoms with Crippen molar-refractivity contribution < 1.29 is 4.74 Å². The second kappa shape index (κ2) is 8.60. The van der Waals surface area contributed by atoms with Gasteiger partial charge in [-0.3, -0.25) is 0 Å². The van der Waals surface area contributed by atoms with Crippen molar-refractivity contribution in [1.82, 2.24) is 0 Å². The molecule has 2 aliphatic rings. The summed E-state index contributed by atoms with van der Waals surface area (Å²) in [4.78, 5) is 2.81. The predicted molar refractivity (Wildman–Crippen MR) is 215 cm³/mol. The van der Waals surface area contributed by atoms with E-state index in [1.165, 1.54) is 135 Å². The highest BCUT2D eigenvalue weighted by molar-refractivity contribution is 7.16. The van der Waals surface area contributed by atoms with Gasteiger partial charge in [0.25, 0.3) is 0 Å². The van der Waals surface area contributed by atoms with E-state index in [9.17, 15) is 0 Å². The normalized spacial score (nSPS) is 13.0. The van der Waals surface area contributed by atoms with Crippen LogP contribution in [0.15, 0.2) is 121 Å². The fourth-order valence-corrected chi connectivity index (χ4v) is 11.1. The van der Waals surface area contributed by atoms with Gasteiger partial charge in [-0.2, -0.15) is 0 Å². The average molecular weight is 651 g/mol. The van der Waals surface area contributed by atoms with E-state index in [1.54, 1.807) is 7.11 Å². The van der Waals surface area contributed by atoms with E-state index < -0.39 is 0 Å². The number of hydrogen-bond donors (Lipinski definition) is 0. The Labute approximate surface area is 291 Å². The lowest BCUT2D eigenvalue weighted by Crippen LogP contribution is -1.92. The summed E-state index contributed by atoms with van der Waals surface area (Å²) in [6, 6.07) is 46.5. The van der Waals surface area contributed by atoms with E-state index in [2.05, 4.69) is 116 Å². The molecular formula is C48H26OS. The van der Waals surface area contributed by atoms with Crippen LogP contribution in [-0.2, 0) is 0 Å². The third-order valence-electron chi connectivity index (χ3n) is 12.1. The molecule has 10 aromatic carbocycles. The Hall–Kier alpha value is -5.96. The van der Waals surface area contributed by atoms with Crippen LogP contribution >= 0.6 is 11.3 Å². The average Bonchev–Trinajstić information content (AvgIpc) is 3.80. The van der Waals surface area contributed by atoms with Gasteiger partial charge in [0.2, 0.25) is 0 Å². The third-order valence-corrected chi connectivity index (χ3v) is 13.1. The number of fused-ring (bicyclic) bond motifs is 10. The fourth-order valence-electron chi connectivity index (χ4n) is 10.0. The zero-order chi connectivity index (χ0) is 32.6. The molecule has 2 aliphatic carbocycles. The Morgan fingerprint density at radius 1 is 0.360 bits per heavy atom. The van der Waals surface area contributed by atoms with Crippen molar-refractivity contribution in [3.63, 3.8) is 0 Å². The largest absolute Gasteiger partial charge is 0.497 e. The number of benzene rings is 10. The summed E-state index contributed by atoms with van der Waals surface area (Å²) in [5, 5.41) is 19.3. The first kappa shape index (κ1) is 26.0. The molecule has 0 N–H and O–H groups in total. The molecule has 0 aliphatic heterocycles. The first-order valence-electron chi connectivity index (χ1n) is 17.4. The maximum absolute atomic E-state index is 5.42. The van der Waals surface area contributed by atoms with Crippen LogP contribution in [-0.4, -0.2) is 7.11 Å². The summed E-state index contributed by atoms with van der Waals surface area (Å²) in [7, 11) is 1.72. The monoisotopic (exact) mass is 650 g/mol. The van der Waals surface area contributed by atoms with Gasteiger partial charge in [0.05, 0.1) is 7.11 Å². The minimum absolute atomic E-state index is 0.878. The third kappa shape index (κ3) is 2.87. The molecule has 0 spiro atoms. The Kier molecular flexibility index (Phi) is 4.47. The molecule has 13 rings (SSSR count). The molecule has 0 unspecified atom stereocenters. The molecule has 1 aromatic heterocycles. The van der Waals surface area contributed by atoms with Crippen LogP contribution in [0.4, 0.5) is 0 Å². The molecule has 0 atom stereocenters. The molecule has 0 amide bonds. The smallest absolute Gasteiger partial charge is 0.118 e. The van der Waals surface area contributed by atoms with Gasteiger partial charge < -0.3 is 4.74 Å². The highest BCUT2D eigenvalue weighted by Gasteiger charge is 2.29. The number of rotatable bonds is 2. The summed E-state index contributed by atoms with van der Waals surface area (Å²) in [5.74, 6) is 0.878. The van der Waals surface area contributed by atoms with E-state index in [0.29, 0.717) is 0 Å². The molecule has 1 heterocycles. The number of methoxy groups -OCH3 is 1.